The molecule has 1 N–H and O–H groups in total. The Morgan fingerprint density at radius 3 is 2.54 bits per heavy atom. The van der Waals surface area contributed by atoms with Gasteiger partial charge in [0.2, 0.25) is 0 Å². The highest BCUT2D eigenvalue weighted by Gasteiger charge is 2.05. The van der Waals surface area contributed by atoms with E-state index in [9.17, 15) is 8.78 Å². The Morgan fingerprint density at radius 2 is 1.92 bits per heavy atom. The van der Waals surface area contributed by atoms with Crippen molar-refractivity contribution in [1.82, 2.24) is 5.32 Å². The van der Waals surface area contributed by atoms with E-state index in [0.717, 1.165) is 6.54 Å². The molecule has 13 heavy (non-hydrogen) atoms. The SMILES string of the molecule is CCNCc1cc(F)c(C)cc1F. The molecule has 0 saturated heterocycles. The third-order valence-corrected chi connectivity index (χ3v) is 1.89. The lowest BCUT2D eigenvalue weighted by atomic mass is 10.1. The summed E-state index contributed by atoms with van der Waals surface area (Å²) in [6, 6.07) is 2.47. The van der Waals surface area contributed by atoms with Crippen LogP contribution in [0.3, 0.4) is 0 Å². The van der Waals surface area contributed by atoms with Gasteiger partial charge in [-0.15, -0.1) is 0 Å². The van der Waals surface area contributed by atoms with Gasteiger partial charge in [-0.2, -0.15) is 0 Å². The molecular formula is C10H13F2N. The first-order valence-corrected chi connectivity index (χ1v) is 4.30. The first-order chi connectivity index (χ1) is 6.15. The number of halogens is 2. The number of hydrogen-bond acceptors (Lipinski definition) is 1. The standard InChI is InChI=1S/C10H13F2N/c1-3-13-6-8-5-9(11)7(2)4-10(8)12/h4-5,13H,3,6H2,1-2H3. The predicted octanol–water partition coefficient (Wildman–Crippen LogP) is 2.38. The summed E-state index contributed by atoms with van der Waals surface area (Å²) in [4.78, 5) is 0. The molecular weight excluding hydrogens is 172 g/mol. The van der Waals surface area contributed by atoms with Crippen LogP contribution in [0.25, 0.3) is 0 Å². The molecule has 0 saturated carbocycles. The Hall–Kier alpha value is -0.960. The number of aryl methyl sites for hydroxylation is 1. The average Bonchev–Trinajstić information content (AvgIpc) is 2.09. The summed E-state index contributed by atoms with van der Waals surface area (Å²) < 4.78 is 26.1. The molecule has 0 bridgehead atoms. The zero-order valence-electron chi connectivity index (χ0n) is 7.82. The molecule has 1 nitrogen and oxygen atoms in total. The van der Waals surface area contributed by atoms with E-state index in [2.05, 4.69) is 5.32 Å². The molecule has 1 aromatic rings. The van der Waals surface area contributed by atoms with Crippen LogP contribution in [0, 0.1) is 18.6 Å². The van der Waals surface area contributed by atoms with E-state index < -0.39 is 0 Å². The summed E-state index contributed by atoms with van der Waals surface area (Å²) in [7, 11) is 0. The van der Waals surface area contributed by atoms with Crippen LogP contribution >= 0.6 is 0 Å². The summed E-state index contributed by atoms with van der Waals surface area (Å²) in [6.07, 6.45) is 0. The molecule has 0 heterocycles. The molecule has 0 aliphatic rings. The molecule has 3 heteroatoms. The van der Waals surface area contributed by atoms with E-state index in [1.165, 1.54) is 12.1 Å². The van der Waals surface area contributed by atoms with Gasteiger partial charge in [-0.25, -0.2) is 8.78 Å². The molecule has 0 radical (unpaired) electrons. The highest BCUT2D eigenvalue weighted by atomic mass is 19.1. The van der Waals surface area contributed by atoms with Crippen molar-refractivity contribution in [2.24, 2.45) is 0 Å². The smallest absolute Gasteiger partial charge is 0.128 e. The first-order valence-electron chi connectivity index (χ1n) is 4.30. The monoisotopic (exact) mass is 185 g/mol. The van der Waals surface area contributed by atoms with Crippen LogP contribution in [0.1, 0.15) is 18.1 Å². The Balaban J connectivity index is 2.88. The summed E-state index contributed by atoms with van der Waals surface area (Å²) in [5.41, 5.74) is 0.725. The molecule has 1 rings (SSSR count). The van der Waals surface area contributed by atoms with Gasteiger partial charge in [0.1, 0.15) is 11.6 Å². The van der Waals surface area contributed by atoms with Crippen LogP contribution < -0.4 is 5.32 Å². The van der Waals surface area contributed by atoms with E-state index in [1.54, 1.807) is 6.92 Å². The zero-order chi connectivity index (χ0) is 9.84. The maximum atomic E-state index is 13.1. The van der Waals surface area contributed by atoms with Crippen LogP contribution in [0.15, 0.2) is 12.1 Å². The van der Waals surface area contributed by atoms with Gasteiger partial charge in [-0.1, -0.05) is 6.92 Å². The molecule has 0 unspecified atom stereocenters. The maximum Gasteiger partial charge on any atom is 0.128 e. The van der Waals surface area contributed by atoms with Gasteiger partial charge < -0.3 is 5.32 Å². The minimum absolute atomic E-state index is 0.345. The third-order valence-electron chi connectivity index (χ3n) is 1.89. The topological polar surface area (TPSA) is 12.0 Å². The van der Waals surface area contributed by atoms with Crippen molar-refractivity contribution >= 4 is 0 Å². The lowest BCUT2D eigenvalue weighted by Crippen LogP contribution is -2.13. The fourth-order valence-corrected chi connectivity index (χ4v) is 1.08. The van der Waals surface area contributed by atoms with Crippen LogP contribution in [0.2, 0.25) is 0 Å². The number of benzene rings is 1. The molecule has 0 aliphatic carbocycles. The maximum absolute atomic E-state index is 13.1. The minimum atomic E-state index is -0.352. The summed E-state index contributed by atoms with van der Waals surface area (Å²) in [6.45, 7) is 4.59. The van der Waals surface area contributed by atoms with Crippen molar-refractivity contribution in [2.75, 3.05) is 6.54 Å². The van der Waals surface area contributed by atoms with Gasteiger partial charge in [0.05, 0.1) is 0 Å². The Morgan fingerprint density at radius 1 is 1.23 bits per heavy atom. The van der Waals surface area contributed by atoms with Gasteiger partial charge in [0.15, 0.2) is 0 Å². The molecule has 0 spiro atoms. The lowest BCUT2D eigenvalue weighted by Gasteiger charge is -2.05. The number of hydrogen-bond donors (Lipinski definition) is 1. The normalized spacial score (nSPS) is 10.5. The fraction of sp³-hybridized carbons (Fsp3) is 0.400. The average molecular weight is 185 g/mol. The van der Waals surface area contributed by atoms with Crippen molar-refractivity contribution < 1.29 is 8.78 Å². The van der Waals surface area contributed by atoms with E-state index >= 15 is 0 Å². The van der Waals surface area contributed by atoms with Crippen LogP contribution in [-0.4, -0.2) is 6.54 Å². The molecule has 1 aromatic carbocycles. The van der Waals surface area contributed by atoms with Gasteiger partial charge >= 0.3 is 0 Å². The number of nitrogens with one attached hydrogen (secondary N) is 1. The second kappa shape index (κ2) is 4.33. The quantitative estimate of drug-likeness (QED) is 0.762. The highest BCUT2D eigenvalue weighted by Crippen LogP contribution is 2.13. The van der Waals surface area contributed by atoms with Crippen molar-refractivity contribution in [3.8, 4) is 0 Å². The first kappa shape index (κ1) is 10.1. The van der Waals surface area contributed by atoms with Gasteiger partial charge in [0, 0.05) is 12.1 Å². The Bertz CT molecular complexity index is 297. The van der Waals surface area contributed by atoms with Crippen molar-refractivity contribution in [1.29, 1.82) is 0 Å². The van der Waals surface area contributed by atoms with Crippen LogP contribution in [0.5, 0.6) is 0 Å². The van der Waals surface area contributed by atoms with Crippen LogP contribution in [-0.2, 0) is 6.54 Å². The molecule has 0 amide bonds. The summed E-state index contributed by atoms with van der Waals surface area (Å²) in [5, 5.41) is 2.95. The molecule has 0 aliphatic heterocycles. The second-order valence-electron chi connectivity index (χ2n) is 2.97. The molecule has 0 aromatic heterocycles. The van der Waals surface area contributed by atoms with E-state index in [0.29, 0.717) is 17.7 Å². The predicted molar refractivity (Wildman–Crippen MR) is 48.5 cm³/mol. The second-order valence-corrected chi connectivity index (χ2v) is 2.97. The van der Waals surface area contributed by atoms with Crippen LogP contribution in [0.4, 0.5) is 8.78 Å². The Labute approximate surface area is 76.8 Å². The zero-order valence-corrected chi connectivity index (χ0v) is 7.82. The number of rotatable bonds is 3. The summed E-state index contributed by atoms with van der Waals surface area (Å²) >= 11 is 0. The molecule has 72 valence electrons. The van der Waals surface area contributed by atoms with Crippen molar-refractivity contribution in [2.45, 2.75) is 20.4 Å². The molecule has 0 atom stereocenters. The largest absolute Gasteiger partial charge is 0.313 e. The Kier molecular flexibility index (Phi) is 3.37. The summed E-state index contributed by atoms with van der Waals surface area (Å²) in [5.74, 6) is -0.700. The van der Waals surface area contributed by atoms with Crippen molar-refractivity contribution in [3.63, 3.8) is 0 Å². The van der Waals surface area contributed by atoms with Gasteiger partial charge in [0.25, 0.3) is 0 Å². The van der Waals surface area contributed by atoms with E-state index in [4.69, 9.17) is 0 Å². The fourth-order valence-electron chi connectivity index (χ4n) is 1.08. The van der Waals surface area contributed by atoms with Gasteiger partial charge in [-0.3, -0.25) is 0 Å². The highest BCUT2D eigenvalue weighted by molar-refractivity contribution is 5.25. The van der Waals surface area contributed by atoms with E-state index in [1.807, 2.05) is 6.92 Å². The minimum Gasteiger partial charge on any atom is -0.313 e. The molecule has 0 fully saturated rings. The van der Waals surface area contributed by atoms with Gasteiger partial charge in [-0.05, 0) is 31.2 Å². The van der Waals surface area contributed by atoms with Crippen molar-refractivity contribution in [3.05, 3.63) is 34.9 Å². The third kappa shape index (κ3) is 2.49. The van der Waals surface area contributed by atoms with E-state index in [-0.39, 0.29) is 11.6 Å². The lowest BCUT2D eigenvalue weighted by molar-refractivity contribution is 0.567.